The van der Waals surface area contributed by atoms with Gasteiger partial charge in [0.05, 0.1) is 42.7 Å². The molecular formula is C15H24ClNO3. The lowest BCUT2D eigenvalue weighted by Crippen LogP contribution is -2.26. The highest BCUT2D eigenvalue weighted by atomic mass is 35.5. The Labute approximate surface area is 126 Å². The minimum Gasteiger partial charge on any atom is -0.389 e. The summed E-state index contributed by atoms with van der Waals surface area (Å²) in [5.74, 6) is 0. The maximum atomic E-state index is 9.79. The molecule has 2 N–H and O–H groups in total. The van der Waals surface area contributed by atoms with Crippen molar-refractivity contribution in [1.29, 1.82) is 0 Å². The monoisotopic (exact) mass is 301 g/mol. The fraction of sp³-hybridized carbons (Fsp3) is 0.600. The first-order chi connectivity index (χ1) is 9.49. The molecule has 0 aliphatic carbocycles. The number of nitrogens with one attached hydrogen (secondary N) is 1. The van der Waals surface area contributed by atoms with Gasteiger partial charge in [0.15, 0.2) is 0 Å². The maximum absolute atomic E-state index is 9.79. The van der Waals surface area contributed by atoms with Crippen LogP contribution in [0, 0.1) is 6.92 Å². The molecule has 0 heterocycles. The van der Waals surface area contributed by atoms with Crippen molar-refractivity contribution in [3.05, 3.63) is 28.8 Å². The highest BCUT2D eigenvalue weighted by Crippen LogP contribution is 2.22. The van der Waals surface area contributed by atoms with Crippen molar-refractivity contribution in [3.8, 4) is 0 Å². The molecule has 4 nitrogen and oxygen atoms in total. The summed E-state index contributed by atoms with van der Waals surface area (Å²) in [6.45, 7) is 7.64. The lowest BCUT2D eigenvalue weighted by molar-refractivity contribution is -0.00734. The molecule has 0 saturated carbocycles. The lowest BCUT2D eigenvalue weighted by Gasteiger charge is -2.15. The molecule has 0 aromatic heterocycles. The number of halogens is 1. The van der Waals surface area contributed by atoms with Crippen LogP contribution < -0.4 is 5.32 Å². The van der Waals surface area contributed by atoms with Gasteiger partial charge in [-0.1, -0.05) is 17.7 Å². The Balaban J connectivity index is 2.18. The topological polar surface area (TPSA) is 50.7 Å². The Morgan fingerprint density at radius 3 is 2.70 bits per heavy atom. The lowest BCUT2D eigenvalue weighted by atomic mass is 10.2. The number of benzene rings is 1. The zero-order valence-electron chi connectivity index (χ0n) is 12.4. The van der Waals surface area contributed by atoms with Crippen LogP contribution in [0.1, 0.15) is 19.4 Å². The summed E-state index contributed by atoms with van der Waals surface area (Å²) in [7, 11) is 0. The first-order valence-electron chi connectivity index (χ1n) is 6.86. The molecule has 0 aliphatic rings. The van der Waals surface area contributed by atoms with E-state index in [1.165, 1.54) is 0 Å². The van der Waals surface area contributed by atoms with Crippen molar-refractivity contribution in [1.82, 2.24) is 0 Å². The molecule has 5 heteroatoms. The summed E-state index contributed by atoms with van der Waals surface area (Å²) in [6, 6.07) is 5.76. The minimum atomic E-state index is -0.577. The van der Waals surface area contributed by atoms with Crippen LogP contribution in [0.2, 0.25) is 5.02 Å². The van der Waals surface area contributed by atoms with Gasteiger partial charge in [-0.15, -0.1) is 0 Å². The van der Waals surface area contributed by atoms with Crippen molar-refractivity contribution in [2.75, 3.05) is 31.7 Å². The highest BCUT2D eigenvalue weighted by molar-refractivity contribution is 6.33. The van der Waals surface area contributed by atoms with E-state index in [2.05, 4.69) is 5.32 Å². The molecule has 0 bridgehead atoms. The summed E-state index contributed by atoms with van der Waals surface area (Å²) in [6.07, 6.45) is -0.375. The van der Waals surface area contributed by atoms with E-state index in [0.717, 1.165) is 11.3 Å². The molecule has 0 saturated heterocycles. The number of hydrogen-bond acceptors (Lipinski definition) is 4. The molecule has 0 aliphatic heterocycles. The summed E-state index contributed by atoms with van der Waals surface area (Å²) < 4.78 is 10.7. The van der Waals surface area contributed by atoms with Crippen molar-refractivity contribution in [2.45, 2.75) is 33.0 Å². The van der Waals surface area contributed by atoms with E-state index in [0.29, 0.717) is 24.8 Å². The van der Waals surface area contributed by atoms with Crippen molar-refractivity contribution >= 4 is 17.3 Å². The van der Waals surface area contributed by atoms with Crippen molar-refractivity contribution < 1.29 is 14.6 Å². The number of hydrogen-bond donors (Lipinski definition) is 2. The van der Waals surface area contributed by atoms with Gasteiger partial charge in [-0.3, -0.25) is 0 Å². The fourth-order valence-corrected chi connectivity index (χ4v) is 1.91. The van der Waals surface area contributed by atoms with Crippen molar-refractivity contribution in [2.24, 2.45) is 0 Å². The van der Waals surface area contributed by atoms with Crippen LogP contribution in [0.15, 0.2) is 18.2 Å². The van der Waals surface area contributed by atoms with E-state index >= 15 is 0 Å². The Kier molecular flexibility index (Phi) is 7.92. The molecular weight excluding hydrogens is 278 g/mol. The second-order valence-corrected chi connectivity index (χ2v) is 5.42. The van der Waals surface area contributed by atoms with E-state index in [-0.39, 0.29) is 12.7 Å². The summed E-state index contributed by atoms with van der Waals surface area (Å²) in [5, 5.41) is 13.6. The highest BCUT2D eigenvalue weighted by Gasteiger charge is 2.06. The Hall–Kier alpha value is -0.810. The van der Waals surface area contributed by atoms with Crippen LogP contribution in [-0.4, -0.2) is 43.7 Å². The third kappa shape index (κ3) is 7.10. The molecule has 0 spiro atoms. The first kappa shape index (κ1) is 17.2. The zero-order chi connectivity index (χ0) is 15.0. The van der Waals surface area contributed by atoms with Crippen LogP contribution in [0.5, 0.6) is 0 Å². The summed E-state index contributed by atoms with van der Waals surface area (Å²) in [4.78, 5) is 0. The van der Waals surface area contributed by atoms with Gasteiger partial charge >= 0.3 is 0 Å². The number of aryl methyl sites for hydroxylation is 1. The van der Waals surface area contributed by atoms with Crippen LogP contribution >= 0.6 is 11.6 Å². The Morgan fingerprint density at radius 2 is 2.05 bits per heavy atom. The van der Waals surface area contributed by atoms with E-state index in [1.807, 2.05) is 39.0 Å². The van der Waals surface area contributed by atoms with Gasteiger partial charge in [0, 0.05) is 6.54 Å². The molecule has 114 valence electrons. The largest absolute Gasteiger partial charge is 0.389 e. The van der Waals surface area contributed by atoms with Gasteiger partial charge in [-0.05, 0) is 38.5 Å². The van der Waals surface area contributed by atoms with Crippen LogP contribution in [0.3, 0.4) is 0 Å². The molecule has 0 radical (unpaired) electrons. The molecule has 0 amide bonds. The first-order valence-corrected chi connectivity index (χ1v) is 7.24. The molecule has 1 unspecified atom stereocenters. The van der Waals surface area contributed by atoms with Gasteiger partial charge in [0.1, 0.15) is 0 Å². The zero-order valence-corrected chi connectivity index (χ0v) is 13.1. The van der Waals surface area contributed by atoms with E-state index in [9.17, 15) is 5.11 Å². The smallest absolute Gasteiger partial charge is 0.0945 e. The quantitative estimate of drug-likeness (QED) is 0.689. The molecule has 20 heavy (non-hydrogen) atoms. The molecule has 1 atom stereocenters. The predicted molar refractivity (Wildman–Crippen MR) is 82.6 cm³/mol. The number of rotatable bonds is 9. The standard InChI is InChI=1S/C15H24ClNO3/c1-11(2)20-7-6-19-10-13(18)9-17-15-5-4-12(3)8-14(15)16/h4-5,8,11,13,17-18H,6-7,9-10H2,1-3H3. The molecule has 1 aromatic rings. The van der Waals surface area contributed by atoms with Crippen LogP contribution in [0.25, 0.3) is 0 Å². The van der Waals surface area contributed by atoms with Gasteiger partial charge < -0.3 is 19.9 Å². The predicted octanol–water partition coefficient (Wildman–Crippen LogP) is 2.86. The maximum Gasteiger partial charge on any atom is 0.0945 e. The van der Waals surface area contributed by atoms with Crippen LogP contribution in [-0.2, 0) is 9.47 Å². The summed E-state index contributed by atoms with van der Waals surface area (Å²) >= 11 is 6.10. The van der Waals surface area contributed by atoms with E-state index in [4.69, 9.17) is 21.1 Å². The second kappa shape index (κ2) is 9.19. The fourth-order valence-electron chi connectivity index (χ4n) is 1.61. The summed E-state index contributed by atoms with van der Waals surface area (Å²) in [5.41, 5.74) is 1.93. The number of aliphatic hydroxyl groups excluding tert-OH is 1. The van der Waals surface area contributed by atoms with Gasteiger partial charge in [0.25, 0.3) is 0 Å². The Morgan fingerprint density at radius 1 is 1.30 bits per heavy atom. The molecule has 1 aromatic carbocycles. The molecule has 0 fully saturated rings. The van der Waals surface area contributed by atoms with E-state index < -0.39 is 6.10 Å². The third-order valence-electron chi connectivity index (χ3n) is 2.64. The van der Waals surface area contributed by atoms with E-state index in [1.54, 1.807) is 0 Å². The number of anilines is 1. The SMILES string of the molecule is Cc1ccc(NCC(O)COCCOC(C)C)c(Cl)c1. The average Bonchev–Trinajstić information content (AvgIpc) is 2.37. The van der Waals surface area contributed by atoms with Gasteiger partial charge in [0.2, 0.25) is 0 Å². The minimum absolute atomic E-state index is 0.203. The Bertz CT molecular complexity index is 399. The number of aliphatic hydroxyl groups is 1. The normalized spacial score (nSPS) is 12.7. The second-order valence-electron chi connectivity index (χ2n) is 5.01. The van der Waals surface area contributed by atoms with Crippen LogP contribution in [0.4, 0.5) is 5.69 Å². The third-order valence-corrected chi connectivity index (χ3v) is 2.95. The molecule has 1 rings (SSSR count). The number of ether oxygens (including phenoxy) is 2. The van der Waals surface area contributed by atoms with Gasteiger partial charge in [-0.25, -0.2) is 0 Å². The van der Waals surface area contributed by atoms with Gasteiger partial charge in [-0.2, -0.15) is 0 Å². The average molecular weight is 302 g/mol. The van der Waals surface area contributed by atoms with Crippen molar-refractivity contribution in [3.63, 3.8) is 0 Å².